The summed E-state index contributed by atoms with van der Waals surface area (Å²) >= 11 is 0. The van der Waals surface area contributed by atoms with E-state index in [9.17, 15) is 0 Å². The van der Waals surface area contributed by atoms with Crippen molar-refractivity contribution in [2.24, 2.45) is 0 Å². The smallest absolute Gasteiger partial charge is 0.135 e. The van der Waals surface area contributed by atoms with Crippen molar-refractivity contribution in [1.82, 2.24) is 9.97 Å². The molecule has 2 aromatic rings. The molecule has 2 saturated heterocycles. The van der Waals surface area contributed by atoms with E-state index in [4.69, 9.17) is 0 Å². The molecule has 1 aromatic carbocycles. The molecule has 1 N–H and O–H groups in total. The number of benzene rings is 1. The summed E-state index contributed by atoms with van der Waals surface area (Å²) in [6.45, 7) is 4.55. The van der Waals surface area contributed by atoms with Crippen LogP contribution < -0.4 is 15.1 Å². The summed E-state index contributed by atoms with van der Waals surface area (Å²) in [7, 11) is 0. The molecule has 0 unspecified atom stereocenters. The number of aromatic nitrogens is 2. The lowest BCUT2D eigenvalue weighted by atomic mass is 10.1. The maximum Gasteiger partial charge on any atom is 0.135 e. The van der Waals surface area contributed by atoms with Crippen LogP contribution in [-0.2, 0) is 0 Å². The number of piperidine rings is 1. The second-order valence-corrected chi connectivity index (χ2v) is 6.68. The maximum absolute atomic E-state index is 4.41. The van der Waals surface area contributed by atoms with Crippen LogP contribution in [0.2, 0.25) is 0 Å². The number of anilines is 4. The lowest BCUT2D eigenvalue weighted by molar-refractivity contribution is 0.578. The van der Waals surface area contributed by atoms with Crippen LogP contribution in [0.25, 0.3) is 0 Å². The molecular formula is C19H25N5. The molecule has 24 heavy (non-hydrogen) atoms. The van der Waals surface area contributed by atoms with Gasteiger partial charge in [-0.2, -0.15) is 0 Å². The molecule has 0 radical (unpaired) electrons. The zero-order chi connectivity index (χ0) is 16.2. The summed E-state index contributed by atoms with van der Waals surface area (Å²) in [5.74, 6) is 1.88. The molecule has 1 aromatic heterocycles. The summed E-state index contributed by atoms with van der Waals surface area (Å²) in [5, 5.41) is 3.40. The predicted octanol–water partition coefficient (Wildman–Crippen LogP) is 3.81. The van der Waals surface area contributed by atoms with Gasteiger partial charge >= 0.3 is 0 Å². The van der Waals surface area contributed by atoms with E-state index in [2.05, 4.69) is 49.4 Å². The lowest BCUT2D eigenvalue weighted by Crippen LogP contribution is -2.29. The van der Waals surface area contributed by atoms with E-state index in [0.29, 0.717) is 0 Å². The molecule has 2 aliphatic heterocycles. The van der Waals surface area contributed by atoms with Gasteiger partial charge in [-0.15, -0.1) is 0 Å². The van der Waals surface area contributed by atoms with Gasteiger partial charge < -0.3 is 15.1 Å². The van der Waals surface area contributed by atoms with Gasteiger partial charge in [-0.3, -0.25) is 0 Å². The Kier molecular flexibility index (Phi) is 4.49. The first kappa shape index (κ1) is 15.2. The van der Waals surface area contributed by atoms with E-state index in [1.54, 1.807) is 6.33 Å². The molecule has 0 spiro atoms. The Bertz CT molecular complexity index is 658. The molecule has 126 valence electrons. The van der Waals surface area contributed by atoms with E-state index in [-0.39, 0.29) is 0 Å². The molecule has 0 bridgehead atoms. The van der Waals surface area contributed by atoms with Crippen LogP contribution in [0, 0.1) is 0 Å². The highest BCUT2D eigenvalue weighted by Gasteiger charge is 2.14. The van der Waals surface area contributed by atoms with Crippen molar-refractivity contribution >= 4 is 23.0 Å². The van der Waals surface area contributed by atoms with E-state index in [1.807, 2.05) is 6.07 Å². The molecule has 3 heterocycles. The van der Waals surface area contributed by atoms with E-state index >= 15 is 0 Å². The fraction of sp³-hybridized carbons (Fsp3) is 0.474. The van der Waals surface area contributed by atoms with Crippen molar-refractivity contribution in [3.63, 3.8) is 0 Å². The Morgan fingerprint density at radius 1 is 0.750 bits per heavy atom. The number of nitrogens with zero attached hydrogens (tertiary/aromatic N) is 4. The van der Waals surface area contributed by atoms with E-state index < -0.39 is 0 Å². The normalized spacial score (nSPS) is 18.0. The largest absolute Gasteiger partial charge is 0.372 e. The molecule has 0 atom stereocenters. The van der Waals surface area contributed by atoms with Crippen LogP contribution in [-0.4, -0.2) is 36.1 Å². The van der Waals surface area contributed by atoms with Crippen molar-refractivity contribution in [3.8, 4) is 0 Å². The van der Waals surface area contributed by atoms with Crippen molar-refractivity contribution in [2.75, 3.05) is 41.3 Å². The first-order chi connectivity index (χ1) is 11.9. The predicted molar refractivity (Wildman–Crippen MR) is 99.3 cm³/mol. The highest BCUT2D eigenvalue weighted by molar-refractivity contribution is 5.62. The van der Waals surface area contributed by atoms with Crippen molar-refractivity contribution < 1.29 is 0 Å². The number of hydrogen-bond donors (Lipinski definition) is 1. The first-order valence-corrected chi connectivity index (χ1v) is 9.07. The van der Waals surface area contributed by atoms with Crippen LogP contribution >= 0.6 is 0 Å². The third-order valence-electron chi connectivity index (χ3n) is 4.94. The minimum atomic E-state index is 0.859. The maximum atomic E-state index is 4.41. The Morgan fingerprint density at radius 2 is 1.42 bits per heavy atom. The number of nitrogens with one attached hydrogen (secondary N) is 1. The van der Waals surface area contributed by atoms with E-state index in [1.165, 1.54) is 50.9 Å². The fourth-order valence-electron chi connectivity index (χ4n) is 3.59. The van der Waals surface area contributed by atoms with Gasteiger partial charge in [0.2, 0.25) is 0 Å². The lowest BCUT2D eigenvalue weighted by Gasteiger charge is -2.28. The quantitative estimate of drug-likeness (QED) is 0.927. The van der Waals surface area contributed by atoms with Gasteiger partial charge in [0.1, 0.15) is 18.0 Å². The standard InChI is InChI=1S/C19H25N5/c1-2-10-23(11-3-1)17-8-6-16(7-9-17)22-18-14-19(21-15-20-18)24-12-4-5-13-24/h6-9,14-15H,1-5,10-13H2,(H,20,21,22). The molecule has 4 rings (SSSR count). The van der Waals surface area contributed by atoms with Crippen molar-refractivity contribution in [2.45, 2.75) is 32.1 Å². The SMILES string of the molecule is c1nc(Nc2ccc(N3CCCCC3)cc2)cc(N2CCCC2)n1. The Balaban J connectivity index is 1.44. The van der Waals surface area contributed by atoms with Gasteiger partial charge in [0.15, 0.2) is 0 Å². The average Bonchev–Trinajstić information content (AvgIpc) is 3.18. The van der Waals surface area contributed by atoms with Gasteiger partial charge in [0, 0.05) is 43.6 Å². The Hall–Kier alpha value is -2.30. The van der Waals surface area contributed by atoms with Crippen LogP contribution in [0.4, 0.5) is 23.0 Å². The van der Waals surface area contributed by atoms with Gasteiger partial charge in [-0.1, -0.05) is 0 Å². The van der Waals surface area contributed by atoms with Crippen LogP contribution in [0.3, 0.4) is 0 Å². The summed E-state index contributed by atoms with van der Waals surface area (Å²) in [6.07, 6.45) is 8.14. The fourth-order valence-corrected chi connectivity index (χ4v) is 3.59. The highest BCUT2D eigenvalue weighted by atomic mass is 15.2. The van der Waals surface area contributed by atoms with Crippen LogP contribution in [0.5, 0.6) is 0 Å². The summed E-state index contributed by atoms with van der Waals surface area (Å²) in [6, 6.07) is 10.7. The highest BCUT2D eigenvalue weighted by Crippen LogP contribution is 2.25. The molecule has 2 fully saturated rings. The summed E-state index contributed by atoms with van der Waals surface area (Å²) < 4.78 is 0. The minimum absolute atomic E-state index is 0.859. The third-order valence-corrected chi connectivity index (χ3v) is 4.94. The van der Waals surface area contributed by atoms with Gasteiger partial charge in [0.05, 0.1) is 0 Å². The van der Waals surface area contributed by atoms with Crippen LogP contribution in [0.1, 0.15) is 32.1 Å². The topological polar surface area (TPSA) is 44.3 Å². The molecule has 5 nitrogen and oxygen atoms in total. The second-order valence-electron chi connectivity index (χ2n) is 6.68. The van der Waals surface area contributed by atoms with Gasteiger partial charge in [-0.25, -0.2) is 9.97 Å². The molecule has 2 aliphatic rings. The number of rotatable bonds is 4. The molecule has 0 aliphatic carbocycles. The average molecular weight is 323 g/mol. The summed E-state index contributed by atoms with van der Waals surface area (Å²) in [5.41, 5.74) is 2.39. The zero-order valence-electron chi connectivity index (χ0n) is 14.1. The first-order valence-electron chi connectivity index (χ1n) is 9.07. The Morgan fingerprint density at radius 3 is 2.17 bits per heavy atom. The summed E-state index contributed by atoms with van der Waals surface area (Å²) in [4.78, 5) is 13.6. The third kappa shape index (κ3) is 3.45. The second kappa shape index (κ2) is 7.07. The van der Waals surface area contributed by atoms with Crippen molar-refractivity contribution in [1.29, 1.82) is 0 Å². The molecule has 5 heteroatoms. The van der Waals surface area contributed by atoms with Crippen molar-refractivity contribution in [3.05, 3.63) is 36.7 Å². The van der Waals surface area contributed by atoms with E-state index in [0.717, 1.165) is 30.4 Å². The monoisotopic (exact) mass is 323 g/mol. The molecule has 0 saturated carbocycles. The minimum Gasteiger partial charge on any atom is -0.372 e. The Labute approximate surface area is 143 Å². The molecular weight excluding hydrogens is 298 g/mol. The van der Waals surface area contributed by atoms with Gasteiger partial charge in [-0.05, 0) is 56.4 Å². The zero-order valence-corrected chi connectivity index (χ0v) is 14.1. The number of hydrogen-bond acceptors (Lipinski definition) is 5. The molecule has 0 amide bonds. The van der Waals surface area contributed by atoms with Crippen LogP contribution in [0.15, 0.2) is 36.7 Å². The van der Waals surface area contributed by atoms with Gasteiger partial charge in [0.25, 0.3) is 0 Å².